The lowest BCUT2D eigenvalue weighted by Gasteiger charge is -2.03. The monoisotopic (exact) mass is 278 g/mol. The molecule has 0 radical (unpaired) electrons. The zero-order chi connectivity index (χ0) is 14.9. The van der Waals surface area contributed by atoms with Crippen LogP contribution in [0.25, 0.3) is 12.2 Å². The molecule has 0 amide bonds. The van der Waals surface area contributed by atoms with Crippen molar-refractivity contribution in [2.45, 2.75) is 6.42 Å². The molecule has 0 aliphatic carbocycles. The highest BCUT2D eigenvalue weighted by Crippen LogP contribution is 2.13. The molecule has 0 atom stereocenters. The van der Waals surface area contributed by atoms with Gasteiger partial charge >= 0.3 is 5.97 Å². The van der Waals surface area contributed by atoms with Crippen LogP contribution < -0.4 is 0 Å². The number of ether oxygens (including phenoxy) is 1. The van der Waals surface area contributed by atoms with Crippen molar-refractivity contribution in [1.29, 1.82) is 0 Å². The number of hydrogen-bond donors (Lipinski definition) is 0. The first-order chi connectivity index (χ1) is 10.3. The molecule has 0 saturated heterocycles. The van der Waals surface area contributed by atoms with Crippen molar-refractivity contribution in [3.8, 4) is 0 Å². The smallest absolute Gasteiger partial charge is 0.334 e. The van der Waals surface area contributed by atoms with E-state index in [2.05, 4.69) is 0 Å². The molecule has 0 N–H and O–H groups in total. The molecule has 0 heterocycles. The van der Waals surface area contributed by atoms with E-state index in [0.29, 0.717) is 12.0 Å². The van der Waals surface area contributed by atoms with Gasteiger partial charge in [0.15, 0.2) is 0 Å². The Morgan fingerprint density at radius 1 is 0.952 bits per heavy atom. The molecule has 106 valence electrons. The van der Waals surface area contributed by atoms with E-state index in [1.807, 2.05) is 78.9 Å². The molecule has 0 spiro atoms. The van der Waals surface area contributed by atoms with Crippen LogP contribution in [0, 0.1) is 0 Å². The molecule has 2 aromatic carbocycles. The molecule has 0 aliphatic heterocycles. The van der Waals surface area contributed by atoms with E-state index < -0.39 is 0 Å². The highest BCUT2D eigenvalue weighted by Gasteiger charge is 2.07. The van der Waals surface area contributed by atoms with Gasteiger partial charge in [-0.1, -0.05) is 72.8 Å². The fourth-order valence-corrected chi connectivity index (χ4v) is 1.97. The standard InChI is InChI=1S/C19H18O2/c1-21-19(20)18(15-17-11-6-3-7-12-17)14-8-13-16-9-4-2-5-10-16/h2-13,15H,14H2,1H3/b13-8+,18-15+. The van der Waals surface area contributed by atoms with Gasteiger partial charge in [0.05, 0.1) is 7.11 Å². The average molecular weight is 278 g/mol. The predicted molar refractivity (Wildman–Crippen MR) is 86.5 cm³/mol. The first-order valence-electron chi connectivity index (χ1n) is 6.85. The van der Waals surface area contributed by atoms with Crippen molar-refractivity contribution >= 4 is 18.1 Å². The van der Waals surface area contributed by atoms with E-state index in [4.69, 9.17) is 4.74 Å². The second-order valence-corrected chi connectivity index (χ2v) is 4.59. The number of carbonyl (C=O) groups excluding carboxylic acids is 1. The molecule has 2 nitrogen and oxygen atoms in total. The quantitative estimate of drug-likeness (QED) is 0.600. The SMILES string of the molecule is COC(=O)/C(=C/c1ccccc1)C/C=C/c1ccccc1. The highest BCUT2D eigenvalue weighted by molar-refractivity contribution is 5.94. The second-order valence-electron chi connectivity index (χ2n) is 4.59. The minimum atomic E-state index is -0.295. The van der Waals surface area contributed by atoms with Crippen molar-refractivity contribution in [3.05, 3.63) is 83.4 Å². The van der Waals surface area contributed by atoms with Crippen LogP contribution in [0.5, 0.6) is 0 Å². The van der Waals surface area contributed by atoms with Gasteiger partial charge in [0.25, 0.3) is 0 Å². The Morgan fingerprint density at radius 3 is 2.10 bits per heavy atom. The molecular formula is C19H18O2. The van der Waals surface area contributed by atoms with Gasteiger partial charge in [0.2, 0.25) is 0 Å². The largest absolute Gasteiger partial charge is 0.466 e. The van der Waals surface area contributed by atoms with Crippen molar-refractivity contribution in [3.63, 3.8) is 0 Å². The average Bonchev–Trinajstić information content (AvgIpc) is 2.55. The maximum absolute atomic E-state index is 11.8. The van der Waals surface area contributed by atoms with E-state index in [1.165, 1.54) is 7.11 Å². The van der Waals surface area contributed by atoms with Crippen molar-refractivity contribution < 1.29 is 9.53 Å². The van der Waals surface area contributed by atoms with Crippen LogP contribution in [0.3, 0.4) is 0 Å². The number of methoxy groups -OCH3 is 1. The van der Waals surface area contributed by atoms with Gasteiger partial charge in [-0.3, -0.25) is 0 Å². The first-order valence-corrected chi connectivity index (χ1v) is 6.85. The third-order valence-electron chi connectivity index (χ3n) is 3.04. The Hall–Kier alpha value is -2.61. The molecule has 0 fully saturated rings. The van der Waals surface area contributed by atoms with E-state index in [-0.39, 0.29) is 5.97 Å². The zero-order valence-corrected chi connectivity index (χ0v) is 12.0. The van der Waals surface area contributed by atoms with E-state index in [1.54, 1.807) is 0 Å². The molecular weight excluding hydrogens is 260 g/mol. The van der Waals surface area contributed by atoms with Gasteiger partial charge in [-0.05, 0) is 23.6 Å². The summed E-state index contributed by atoms with van der Waals surface area (Å²) >= 11 is 0. The minimum absolute atomic E-state index is 0.295. The number of hydrogen-bond acceptors (Lipinski definition) is 2. The summed E-state index contributed by atoms with van der Waals surface area (Å²) in [5.74, 6) is -0.295. The summed E-state index contributed by atoms with van der Waals surface area (Å²) in [6, 6.07) is 19.8. The Bertz CT molecular complexity index is 625. The molecule has 21 heavy (non-hydrogen) atoms. The van der Waals surface area contributed by atoms with E-state index >= 15 is 0 Å². The summed E-state index contributed by atoms with van der Waals surface area (Å²) in [5, 5.41) is 0. The van der Waals surface area contributed by atoms with Crippen molar-refractivity contribution in [2.24, 2.45) is 0 Å². The fraction of sp³-hybridized carbons (Fsp3) is 0.105. The summed E-state index contributed by atoms with van der Waals surface area (Å²) in [5.41, 5.74) is 2.74. The summed E-state index contributed by atoms with van der Waals surface area (Å²) < 4.78 is 4.85. The summed E-state index contributed by atoms with van der Waals surface area (Å²) in [7, 11) is 1.40. The van der Waals surface area contributed by atoms with Crippen LogP contribution >= 0.6 is 0 Å². The second kappa shape index (κ2) is 7.85. The number of allylic oxidation sites excluding steroid dienone is 1. The van der Waals surface area contributed by atoms with Crippen molar-refractivity contribution in [1.82, 2.24) is 0 Å². The summed E-state index contributed by atoms with van der Waals surface area (Å²) in [6.45, 7) is 0. The summed E-state index contributed by atoms with van der Waals surface area (Å²) in [6.07, 6.45) is 6.38. The normalized spacial score (nSPS) is 11.6. The van der Waals surface area contributed by atoms with Crippen LogP contribution in [0.2, 0.25) is 0 Å². The minimum Gasteiger partial charge on any atom is -0.466 e. The van der Waals surface area contributed by atoms with Gasteiger partial charge < -0.3 is 4.74 Å². The van der Waals surface area contributed by atoms with Gasteiger partial charge in [-0.25, -0.2) is 4.79 Å². The molecule has 2 aromatic rings. The molecule has 0 bridgehead atoms. The van der Waals surface area contributed by atoms with Gasteiger partial charge in [-0.2, -0.15) is 0 Å². The number of esters is 1. The Kier molecular flexibility index (Phi) is 5.53. The van der Waals surface area contributed by atoms with Crippen LogP contribution in [0.1, 0.15) is 17.5 Å². The topological polar surface area (TPSA) is 26.3 Å². The van der Waals surface area contributed by atoms with E-state index in [9.17, 15) is 4.79 Å². The fourth-order valence-electron chi connectivity index (χ4n) is 1.97. The van der Waals surface area contributed by atoms with Crippen LogP contribution in [-0.4, -0.2) is 13.1 Å². The number of benzene rings is 2. The third kappa shape index (κ3) is 4.77. The van der Waals surface area contributed by atoms with Crippen LogP contribution in [0.15, 0.2) is 72.3 Å². The van der Waals surface area contributed by atoms with Gasteiger partial charge in [-0.15, -0.1) is 0 Å². The van der Waals surface area contributed by atoms with Crippen molar-refractivity contribution in [2.75, 3.05) is 7.11 Å². The lowest BCUT2D eigenvalue weighted by atomic mass is 10.1. The molecule has 0 aromatic heterocycles. The van der Waals surface area contributed by atoms with E-state index in [0.717, 1.165) is 11.1 Å². The number of rotatable bonds is 5. The Balaban J connectivity index is 2.13. The lowest BCUT2D eigenvalue weighted by molar-refractivity contribution is -0.136. The molecule has 2 rings (SSSR count). The zero-order valence-electron chi connectivity index (χ0n) is 12.0. The third-order valence-corrected chi connectivity index (χ3v) is 3.04. The Morgan fingerprint density at radius 2 is 1.52 bits per heavy atom. The van der Waals surface area contributed by atoms with Crippen LogP contribution in [-0.2, 0) is 9.53 Å². The first kappa shape index (κ1) is 14.8. The molecule has 2 heteroatoms. The van der Waals surface area contributed by atoms with Gasteiger partial charge in [0, 0.05) is 5.57 Å². The molecule has 0 aliphatic rings. The Labute approximate surface area is 125 Å². The maximum Gasteiger partial charge on any atom is 0.334 e. The maximum atomic E-state index is 11.8. The highest BCUT2D eigenvalue weighted by atomic mass is 16.5. The lowest BCUT2D eigenvalue weighted by Crippen LogP contribution is -2.03. The summed E-state index contributed by atoms with van der Waals surface area (Å²) in [4.78, 5) is 11.8. The predicted octanol–water partition coefficient (Wildman–Crippen LogP) is 4.35. The molecule has 0 unspecified atom stereocenters. The van der Waals surface area contributed by atoms with Crippen LogP contribution in [0.4, 0.5) is 0 Å². The van der Waals surface area contributed by atoms with Gasteiger partial charge in [0.1, 0.15) is 0 Å². The number of carbonyl (C=O) groups is 1. The molecule has 0 saturated carbocycles.